The number of pyridine rings is 1. The van der Waals surface area contributed by atoms with Gasteiger partial charge in [-0.05, 0) is 59.8 Å². The fourth-order valence-electron chi connectivity index (χ4n) is 2.06. The molecule has 1 heterocycles. The zero-order valence-electron chi connectivity index (χ0n) is 11.1. The Morgan fingerprint density at radius 2 is 2.00 bits per heavy atom. The maximum Gasteiger partial charge on any atom is 0.217 e. The summed E-state index contributed by atoms with van der Waals surface area (Å²) in [6, 6.07) is 12.8. The molecule has 0 spiro atoms. The van der Waals surface area contributed by atoms with Crippen molar-refractivity contribution in [2.45, 2.75) is 12.5 Å². The monoisotopic (exact) mass is 368 g/mol. The summed E-state index contributed by atoms with van der Waals surface area (Å²) in [5, 5.41) is 3.33. The average Bonchev–Trinajstić information content (AvgIpc) is 2.46. The zero-order valence-corrected chi connectivity index (χ0v) is 13.2. The molecule has 0 amide bonds. The third-order valence-electron chi connectivity index (χ3n) is 3.07. The number of nitrogens with one attached hydrogen (secondary N) is 1. The van der Waals surface area contributed by atoms with E-state index >= 15 is 0 Å². The number of likely N-dealkylation sites (N-methyl/N-ethyl adjacent to an activating group) is 1. The number of ether oxygens (including phenoxy) is 1. The van der Waals surface area contributed by atoms with E-state index in [1.54, 1.807) is 13.3 Å². The summed E-state index contributed by atoms with van der Waals surface area (Å²) < 4.78 is 6.58. The molecule has 19 heavy (non-hydrogen) atoms. The molecule has 0 fully saturated rings. The van der Waals surface area contributed by atoms with Gasteiger partial charge in [-0.15, -0.1) is 0 Å². The van der Waals surface area contributed by atoms with Gasteiger partial charge in [0.2, 0.25) is 5.88 Å². The molecule has 1 unspecified atom stereocenters. The third kappa shape index (κ3) is 3.67. The minimum atomic E-state index is 0.198. The molecule has 0 saturated carbocycles. The van der Waals surface area contributed by atoms with Crippen molar-refractivity contribution in [2.75, 3.05) is 14.2 Å². The number of nitrogens with zero attached hydrogens (tertiary/aromatic N) is 1. The Hall–Kier alpha value is -1.14. The van der Waals surface area contributed by atoms with E-state index in [2.05, 4.69) is 63.2 Å². The van der Waals surface area contributed by atoms with Gasteiger partial charge in [0.1, 0.15) is 0 Å². The van der Waals surface area contributed by atoms with Crippen molar-refractivity contribution in [2.24, 2.45) is 0 Å². The van der Waals surface area contributed by atoms with E-state index < -0.39 is 0 Å². The molecule has 0 radical (unpaired) electrons. The van der Waals surface area contributed by atoms with Gasteiger partial charge in [0.05, 0.1) is 7.11 Å². The highest BCUT2D eigenvalue weighted by molar-refractivity contribution is 14.1. The number of aromatic nitrogens is 1. The van der Waals surface area contributed by atoms with Gasteiger partial charge < -0.3 is 10.1 Å². The van der Waals surface area contributed by atoms with Crippen LogP contribution in [0.1, 0.15) is 17.2 Å². The molecule has 2 rings (SSSR count). The van der Waals surface area contributed by atoms with E-state index in [1.165, 1.54) is 9.13 Å². The first kappa shape index (κ1) is 14.3. The molecule has 100 valence electrons. The maximum absolute atomic E-state index is 5.33. The van der Waals surface area contributed by atoms with E-state index in [4.69, 9.17) is 4.74 Å². The molecule has 4 heteroatoms. The van der Waals surface area contributed by atoms with Gasteiger partial charge in [-0.1, -0.05) is 18.2 Å². The Morgan fingerprint density at radius 3 is 2.63 bits per heavy atom. The second-order valence-corrected chi connectivity index (χ2v) is 5.52. The topological polar surface area (TPSA) is 34.2 Å². The molecule has 1 atom stereocenters. The zero-order chi connectivity index (χ0) is 13.7. The van der Waals surface area contributed by atoms with Crippen LogP contribution in [0, 0.1) is 3.57 Å². The van der Waals surface area contributed by atoms with E-state index in [9.17, 15) is 0 Å². The molecule has 0 aliphatic rings. The van der Waals surface area contributed by atoms with Crippen molar-refractivity contribution in [3.05, 3.63) is 57.3 Å². The smallest absolute Gasteiger partial charge is 0.217 e. The highest BCUT2D eigenvalue weighted by Gasteiger charge is 2.15. The van der Waals surface area contributed by atoms with E-state index in [-0.39, 0.29) is 6.04 Å². The van der Waals surface area contributed by atoms with Crippen molar-refractivity contribution in [1.29, 1.82) is 0 Å². The van der Waals surface area contributed by atoms with Gasteiger partial charge in [0.15, 0.2) is 0 Å². The van der Waals surface area contributed by atoms with Gasteiger partial charge >= 0.3 is 0 Å². The minimum absolute atomic E-state index is 0.198. The second kappa shape index (κ2) is 6.86. The molecule has 1 aromatic heterocycles. The summed E-state index contributed by atoms with van der Waals surface area (Å²) in [6.45, 7) is 0. The number of methoxy groups -OCH3 is 1. The van der Waals surface area contributed by atoms with Crippen LogP contribution in [-0.2, 0) is 6.42 Å². The maximum atomic E-state index is 5.33. The van der Waals surface area contributed by atoms with Crippen molar-refractivity contribution in [3.8, 4) is 5.88 Å². The molecule has 0 bridgehead atoms. The SMILES string of the molecule is CNC(Cc1ccc(I)cc1)c1cccnc1OC. The lowest BCUT2D eigenvalue weighted by Crippen LogP contribution is -2.19. The summed E-state index contributed by atoms with van der Waals surface area (Å²) >= 11 is 2.32. The van der Waals surface area contributed by atoms with Gasteiger partial charge in [-0.3, -0.25) is 0 Å². The van der Waals surface area contributed by atoms with Crippen LogP contribution in [0.5, 0.6) is 5.88 Å². The predicted molar refractivity (Wildman–Crippen MR) is 85.5 cm³/mol. The molecule has 0 saturated heterocycles. The van der Waals surface area contributed by atoms with Gasteiger partial charge in [-0.25, -0.2) is 4.98 Å². The first-order valence-corrected chi connectivity index (χ1v) is 7.23. The van der Waals surface area contributed by atoms with E-state index in [0.29, 0.717) is 5.88 Å². The lowest BCUT2D eigenvalue weighted by atomic mass is 10.00. The number of rotatable bonds is 5. The average molecular weight is 368 g/mol. The molecule has 0 aliphatic carbocycles. The number of hydrogen-bond donors (Lipinski definition) is 1. The van der Waals surface area contributed by atoms with Crippen LogP contribution in [0.25, 0.3) is 0 Å². The summed E-state index contributed by atoms with van der Waals surface area (Å²) in [7, 11) is 3.62. The summed E-state index contributed by atoms with van der Waals surface area (Å²) in [5.74, 6) is 0.687. The number of halogens is 1. The van der Waals surface area contributed by atoms with Crippen LogP contribution in [0.4, 0.5) is 0 Å². The largest absolute Gasteiger partial charge is 0.481 e. The van der Waals surface area contributed by atoms with Crippen LogP contribution in [-0.4, -0.2) is 19.1 Å². The van der Waals surface area contributed by atoms with E-state index in [1.807, 2.05) is 13.1 Å². The fourth-order valence-corrected chi connectivity index (χ4v) is 2.42. The third-order valence-corrected chi connectivity index (χ3v) is 3.79. The van der Waals surface area contributed by atoms with Crippen LogP contribution < -0.4 is 10.1 Å². The lowest BCUT2D eigenvalue weighted by molar-refractivity contribution is 0.384. The Kier molecular flexibility index (Phi) is 5.15. The normalized spacial score (nSPS) is 12.2. The Morgan fingerprint density at radius 1 is 1.26 bits per heavy atom. The van der Waals surface area contributed by atoms with E-state index in [0.717, 1.165) is 12.0 Å². The van der Waals surface area contributed by atoms with Crippen LogP contribution >= 0.6 is 22.6 Å². The van der Waals surface area contributed by atoms with Crippen molar-refractivity contribution < 1.29 is 4.74 Å². The minimum Gasteiger partial charge on any atom is -0.481 e. The quantitative estimate of drug-likeness (QED) is 0.824. The fraction of sp³-hybridized carbons (Fsp3) is 0.267. The van der Waals surface area contributed by atoms with Crippen LogP contribution in [0.2, 0.25) is 0 Å². The molecule has 0 aliphatic heterocycles. The van der Waals surface area contributed by atoms with Crippen molar-refractivity contribution in [3.63, 3.8) is 0 Å². The van der Waals surface area contributed by atoms with Gasteiger partial charge in [0, 0.05) is 21.4 Å². The summed E-state index contributed by atoms with van der Waals surface area (Å²) in [5.41, 5.74) is 2.39. The Bertz CT molecular complexity index is 528. The van der Waals surface area contributed by atoms with Gasteiger partial charge in [-0.2, -0.15) is 0 Å². The summed E-state index contributed by atoms with van der Waals surface area (Å²) in [4.78, 5) is 4.26. The summed E-state index contributed by atoms with van der Waals surface area (Å²) in [6.07, 6.45) is 2.66. The lowest BCUT2D eigenvalue weighted by Gasteiger charge is -2.18. The second-order valence-electron chi connectivity index (χ2n) is 4.27. The Balaban J connectivity index is 2.22. The van der Waals surface area contributed by atoms with Crippen LogP contribution in [0.3, 0.4) is 0 Å². The number of benzene rings is 1. The first-order chi connectivity index (χ1) is 9.24. The van der Waals surface area contributed by atoms with Crippen molar-refractivity contribution in [1.82, 2.24) is 10.3 Å². The Labute approximate surface area is 127 Å². The van der Waals surface area contributed by atoms with Crippen molar-refractivity contribution >= 4 is 22.6 Å². The highest BCUT2D eigenvalue weighted by atomic mass is 127. The predicted octanol–water partition coefficient (Wildman–Crippen LogP) is 3.20. The molecule has 1 aromatic carbocycles. The first-order valence-electron chi connectivity index (χ1n) is 6.15. The highest BCUT2D eigenvalue weighted by Crippen LogP contribution is 2.25. The molecular weight excluding hydrogens is 351 g/mol. The van der Waals surface area contributed by atoms with Crippen LogP contribution in [0.15, 0.2) is 42.6 Å². The molecular formula is C15H17IN2O. The molecule has 2 aromatic rings. The van der Waals surface area contributed by atoms with Gasteiger partial charge in [0.25, 0.3) is 0 Å². The standard InChI is InChI=1S/C15H17IN2O/c1-17-14(10-11-5-7-12(16)8-6-11)13-4-3-9-18-15(13)19-2/h3-9,14,17H,10H2,1-2H3. The number of hydrogen-bond acceptors (Lipinski definition) is 3. The molecule has 3 nitrogen and oxygen atoms in total. The molecule has 1 N–H and O–H groups in total.